The summed E-state index contributed by atoms with van der Waals surface area (Å²) in [5.41, 5.74) is 8.10. The maximum Gasteiger partial charge on any atom is 0.140 e. The zero-order valence-corrected chi connectivity index (χ0v) is 14.3. The van der Waals surface area contributed by atoms with Crippen LogP contribution in [0.3, 0.4) is 0 Å². The molecule has 0 saturated heterocycles. The van der Waals surface area contributed by atoms with E-state index in [2.05, 4.69) is 42.2 Å². The first-order valence-corrected chi connectivity index (χ1v) is 7.13. The van der Waals surface area contributed by atoms with Gasteiger partial charge in [-0.15, -0.1) is 0 Å². The van der Waals surface area contributed by atoms with Crippen LogP contribution in [0, 0.1) is 0 Å². The second kappa shape index (κ2) is 15.5. The summed E-state index contributed by atoms with van der Waals surface area (Å²) in [4.78, 5) is 8.15. The molecule has 0 aliphatic heterocycles. The number of nitrogens with zero attached hydrogens (tertiary/aromatic N) is 3. The molecule has 0 aromatic carbocycles. The molecule has 0 atom stereocenters. The highest BCUT2D eigenvalue weighted by molar-refractivity contribution is 9.10. The SMILES string of the molecule is C/C=C\C(=NC)N/N=C/c1ccc(Br)cn1.CC.CN. The zero-order valence-electron chi connectivity index (χ0n) is 12.8. The Morgan fingerprint density at radius 2 is 2.00 bits per heavy atom. The predicted octanol–water partition coefficient (Wildman–Crippen LogP) is 2.97. The van der Waals surface area contributed by atoms with Gasteiger partial charge in [-0.25, -0.2) is 0 Å². The van der Waals surface area contributed by atoms with Gasteiger partial charge in [-0.05, 0) is 48.1 Å². The van der Waals surface area contributed by atoms with Gasteiger partial charge in [0.15, 0.2) is 0 Å². The molecule has 0 saturated carbocycles. The van der Waals surface area contributed by atoms with Crippen LogP contribution >= 0.6 is 15.9 Å². The van der Waals surface area contributed by atoms with Gasteiger partial charge in [-0.1, -0.05) is 19.9 Å². The van der Waals surface area contributed by atoms with Crippen LogP contribution in [0.1, 0.15) is 26.5 Å². The number of nitrogens with one attached hydrogen (secondary N) is 1. The van der Waals surface area contributed by atoms with Gasteiger partial charge in [0.2, 0.25) is 0 Å². The highest BCUT2D eigenvalue weighted by Gasteiger charge is 1.90. The first-order valence-electron chi connectivity index (χ1n) is 6.34. The molecule has 0 bridgehead atoms. The monoisotopic (exact) mass is 341 g/mol. The fraction of sp³-hybridized carbons (Fsp3) is 0.357. The summed E-state index contributed by atoms with van der Waals surface area (Å²) in [6.07, 6.45) is 7.10. The third-order valence-corrected chi connectivity index (χ3v) is 2.16. The molecule has 0 spiro atoms. The van der Waals surface area contributed by atoms with Gasteiger partial charge < -0.3 is 5.73 Å². The summed E-state index contributed by atoms with van der Waals surface area (Å²) in [6.45, 7) is 5.92. The molecule has 0 aliphatic carbocycles. The quantitative estimate of drug-likeness (QED) is 0.504. The number of amidine groups is 1. The molecule has 1 rings (SSSR count). The highest BCUT2D eigenvalue weighted by Crippen LogP contribution is 2.05. The molecule has 0 amide bonds. The summed E-state index contributed by atoms with van der Waals surface area (Å²) in [6, 6.07) is 3.78. The third kappa shape index (κ3) is 10.4. The Morgan fingerprint density at radius 1 is 1.35 bits per heavy atom. The number of allylic oxidation sites excluding steroid dienone is 1. The van der Waals surface area contributed by atoms with E-state index in [9.17, 15) is 0 Å². The van der Waals surface area contributed by atoms with Crippen molar-refractivity contribution in [3.05, 3.63) is 40.6 Å². The van der Waals surface area contributed by atoms with Gasteiger partial charge in [-0.2, -0.15) is 5.10 Å². The number of hydrogen-bond donors (Lipinski definition) is 2. The number of pyridine rings is 1. The van der Waals surface area contributed by atoms with Crippen molar-refractivity contribution < 1.29 is 0 Å². The molecule has 0 unspecified atom stereocenters. The minimum absolute atomic E-state index is 0.705. The van der Waals surface area contributed by atoms with Crippen LogP contribution in [0.2, 0.25) is 0 Å². The molecule has 112 valence electrons. The molecule has 20 heavy (non-hydrogen) atoms. The lowest BCUT2D eigenvalue weighted by molar-refractivity contribution is 1.03. The number of halogens is 1. The van der Waals surface area contributed by atoms with Crippen molar-refractivity contribution in [1.29, 1.82) is 0 Å². The minimum Gasteiger partial charge on any atom is -0.333 e. The second-order valence-corrected chi connectivity index (χ2v) is 3.80. The van der Waals surface area contributed by atoms with Gasteiger partial charge in [0.1, 0.15) is 5.84 Å². The van der Waals surface area contributed by atoms with Crippen LogP contribution in [0.25, 0.3) is 0 Å². The summed E-state index contributed by atoms with van der Waals surface area (Å²) >= 11 is 3.32. The van der Waals surface area contributed by atoms with E-state index < -0.39 is 0 Å². The smallest absolute Gasteiger partial charge is 0.140 e. The van der Waals surface area contributed by atoms with Crippen molar-refractivity contribution in [2.24, 2.45) is 15.8 Å². The maximum atomic E-state index is 4.50. The van der Waals surface area contributed by atoms with Crippen molar-refractivity contribution in [3.63, 3.8) is 0 Å². The molecule has 0 fully saturated rings. The van der Waals surface area contributed by atoms with Crippen molar-refractivity contribution in [1.82, 2.24) is 10.4 Å². The van der Waals surface area contributed by atoms with E-state index in [0.29, 0.717) is 5.84 Å². The lowest BCUT2D eigenvalue weighted by atomic mass is 10.4. The van der Waals surface area contributed by atoms with Crippen LogP contribution < -0.4 is 11.2 Å². The lowest BCUT2D eigenvalue weighted by Crippen LogP contribution is -2.14. The number of nitrogens with two attached hydrogens (primary N) is 1. The van der Waals surface area contributed by atoms with Crippen LogP contribution in [0.15, 0.2) is 45.0 Å². The standard InChI is InChI=1S/C11H13BrN4.C2H6.CH5N/c1-3-4-11(13-2)16-15-8-10-6-5-9(12)7-14-10;2*1-2/h3-8H,1-2H3,(H,13,16);1-2H3;2H2,1H3/b4-3-,15-8+;;. The zero-order chi connectivity index (χ0) is 15.8. The number of aromatic nitrogens is 1. The Bertz CT molecular complexity index is 410. The summed E-state index contributed by atoms with van der Waals surface area (Å²) in [5.74, 6) is 0.705. The first-order chi connectivity index (χ1) is 9.76. The van der Waals surface area contributed by atoms with E-state index >= 15 is 0 Å². The van der Waals surface area contributed by atoms with E-state index in [4.69, 9.17) is 0 Å². The molecule has 3 N–H and O–H groups in total. The van der Waals surface area contributed by atoms with Gasteiger partial charge in [0, 0.05) is 17.7 Å². The number of rotatable bonds is 3. The van der Waals surface area contributed by atoms with Crippen LogP contribution in [-0.4, -0.2) is 31.1 Å². The molecule has 1 aromatic rings. The number of aliphatic imine (C=N–C) groups is 1. The Balaban J connectivity index is 0. The minimum atomic E-state index is 0.705. The predicted molar refractivity (Wildman–Crippen MR) is 92.3 cm³/mol. The molecular formula is C14H24BrN5. The molecule has 5 nitrogen and oxygen atoms in total. The molecule has 0 aliphatic rings. The fourth-order valence-electron chi connectivity index (χ4n) is 0.948. The van der Waals surface area contributed by atoms with Crippen LogP contribution in [0.5, 0.6) is 0 Å². The maximum absolute atomic E-state index is 4.50. The molecule has 1 heterocycles. The van der Waals surface area contributed by atoms with E-state index in [-0.39, 0.29) is 0 Å². The van der Waals surface area contributed by atoms with E-state index in [1.807, 2.05) is 45.1 Å². The highest BCUT2D eigenvalue weighted by atomic mass is 79.9. The van der Waals surface area contributed by atoms with Gasteiger partial charge >= 0.3 is 0 Å². The largest absolute Gasteiger partial charge is 0.333 e. The Kier molecular flexibility index (Phi) is 16.1. The third-order valence-electron chi connectivity index (χ3n) is 1.69. The van der Waals surface area contributed by atoms with Gasteiger partial charge in [-0.3, -0.25) is 15.4 Å². The average molecular weight is 342 g/mol. The molecule has 0 radical (unpaired) electrons. The molecule has 1 aromatic heterocycles. The fourth-order valence-corrected chi connectivity index (χ4v) is 1.18. The number of hydrogen-bond acceptors (Lipinski definition) is 4. The Labute approximate surface area is 130 Å². The van der Waals surface area contributed by atoms with E-state index in [1.165, 1.54) is 7.05 Å². The first kappa shape index (κ1) is 20.8. The molecular weight excluding hydrogens is 318 g/mol. The van der Waals surface area contributed by atoms with Gasteiger partial charge in [0.05, 0.1) is 11.9 Å². The van der Waals surface area contributed by atoms with Crippen molar-refractivity contribution >= 4 is 28.0 Å². The normalized spacial score (nSPS) is 10.7. The summed E-state index contributed by atoms with van der Waals surface area (Å²) in [7, 11) is 3.20. The lowest BCUT2D eigenvalue weighted by Gasteiger charge is -1.97. The van der Waals surface area contributed by atoms with Crippen LogP contribution in [0.4, 0.5) is 0 Å². The van der Waals surface area contributed by atoms with Crippen molar-refractivity contribution in [3.8, 4) is 0 Å². The number of hydrazone groups is 1. The second-order valence-electron chi connectivity index (χ2n) is 2.88. The van der Waals surface area contributed by atoms with E-state index in [0.717, 1.165) is 10.2 Å². The molecule has 6 heteroatoms. The topological polar surface area (TPSA) is 75.7 Å². The average Bonchev–Trinajstić information content (AvgIpc) is 2.52. The Hall–Kier alpha value is -1.53. The Morgan fingerprint density at radius 3 is 2.45 bits per heavy atom. The van der Waals surface area contributed by atoms with E-state index in [1.54, 1.807) is 19.5 Å². The summed E-state index contributed by atoms with van der Waals surface area (Å²) < 4.78 is 0.947. The van der Waals surface area contributed by atoms with Crippen molar-refractivity contribution in [2.45, 2.75) is 20.8 Å². The summed E-state index contributed by atoms with van der Waals surface area (Å²) in [5, 5.41) is 4.03. The van der Waals surface area contributed by atoms with Crippen LogP contribution in [-0.2, 0) is 0 Å². The van der Waals surface area contributed by atoms with Gasteiger partial charge in [0.25, 0.3) is 0 Å². The van der Waals surface area contributed by atoms with Crippen molar-refractivity contribution in [2.75, 3.05) is 14.1 Å².